The van der Waals surface area contributed by atoms with Gasteiger partial charge in [-0.2, -0.15) is 0 Å². The van der Waals surface area contributed by atoms with E-state index in [-0.39, 0.29) is 5.56 Å². The third-order valence-corrected chi connectivity index (χ3v) is 3.28. The molecule has 0 saturated heterocycles. The summed E-state index contributed by atoms with van der Waals surface area (Å²) in [5.41, 5.74) is 2.56. The number of para-hydroxylation sites is 1. The molecule has 0 amide bonds. The van der Waals surface area contributed by atoms with E-state index in [1.165, 1.54) is 0 Å². The van der Waals surface area contributed by atoms with Crippen molar-refractivity contribution in [1.82, 2.24) is 9.55 Å². The van der Waals surface area contributed by atoms with E-state index in [1.54, 1.807) is 16.7 Å². The van der Waals surface area contributed by atoms with Crippen LogP contribution in [0.5, 0.6) is 0 Å². The number of benzene rings is 2. The summed E-state index contributed by atoms with van der Waals surface area (Å²) < 4.78 is 1.59. The van der Waals surface area contributed by atoms with Crippen molar-refractivity contribution in [2.45, 2.75) is 6.92 Å². The Morgan fingerprint density at radius 2 is 1.80 bits per heavy atom. The summed E-state index contributed by atoms with van der Waals surface area (Å²) in [6.45, 7) is 5.77. The molecule has 0 aliphatic carbocycles. The van der Waals surface area contributed by atoms with Crippen LogP contribution in [0.15, 0.2) is 59.9 Å². The molecule has 0 unspecified atom stereocenters. The molecule has 0 bridgehead atoms. The van der Waals surface area contributed by atoms with Crippen molar-refractivity contribution in [2.24, 2.45) is 0 Å². The van der Waals surface area contributed by atoms with E-state index in [0.29, 0.717) is 16.7 Å². The van der Waals surface area contributed by atoms with Crippen LogP contribution >= 0.6 is 0 Å². The average molecular weight is 262 g/mol. The van der Waals surface area contributed by atoms with E-state index < -0.39 is 0 Å². The van der Waals surface area contributed by atoms with Gasteiger partial charge in [-0.05, 0) is 37.3 Å². The first-order valence-electron chi connectivity index (χ1n) is 6.42. The third kappa shape index (κ3) is 1.93. The number of hydrogen-bond acceptors (Lipinski definition) is 2. The Morgan fingerprint density at radius 1 is 1.10 bits per heavy atom. The van der Waals surface area contributed by atoms with Gasteiger partial charge in [0.05, 0.1) is 16.6 Å². The molecule has 20 heavy (non-hydrogen) atoms. The molecular formula is C17H14N2O. The topological polar surface area (TPSA) is 34.9 Å². The van der Waals surface area contributed by atoms with Crippen LogP contribution in [0, 0.1) is 6.92 Å². The Kier molecular flexibility index (Phi) is 2.95. The van der Waals surface area contributed by atoms with Crippen molar-refractivity contribution in [3.63, 3.8) is 0 Å². The summed E-state index contributed by atoms with van der Waals surface area (Å²) in [6, 6.07) is 15.1. The zero-order chi connectivity index (χ0) is 14.1. The van der Waals surface area contributed by atoms with Crippen LogP contribution in [0.25, 0.3) is 22.7 Å². The first-order chi connectivity index (χ1) is 9.70. The molecule has 0 spiro atoms. The second-order valence-electron chi connectivity index (χ2n) is 4.67. The Bertz CT molecular complexity index is 845. The first kappa shape index (κ1) is 12.4. The zero-order valence-electron chi connectivity index (χ0n) is 11.2. The summed E-state index contributed by atoms with van der Waals surface area (Å²) in [7, 11) is 0. The summed E-state index contributed by atoms with van der Waals surface area (Å²) in [4.78, 5) is 17.2. The summed E-state index contributed by atoms with van der Waals surface area (Å²) in [5, 5.41) is 0.610. The molecule has 3 nitrogen and oxygen atoms in total. The molecule has 0 aliphatic heterocycles. The van der Waals surface area contributed by atoms with Crippen LogP contribution in [0.2, 0.25) is 0 Å². The molecule has 0 fully saturated rings. The second-order valence-corrected chi connectivity index (χ2v) is 4.67. The van der Waals surface area contributed by atoms with Gasteiger partial charge in [-0.25, -0.2) is 4.98 Å². The minimum Gasteiger partial charge on any atom is -0.268 e. The molecule has 3 aromatic rings. The van der Waals surface area contributed by atoms with Gasteiger partial charge in [0.1, 0.15) is 5.82 Å². The monoisotopic (exact) mass is 262 g/mol. The highest BCUT2D eigenvalue weighted by atomic mass is 16.1. The second kappa shape index (κ2) is 4.78. The van der Waals surface area contributed by atoms with Gasteiger partial charge in [0, 0.05) is 0 Å². The van der Waals surface area contributed by atoms with Crippen LogP contribution in [0.3, 0.4) is 0 Å². The van der Waals surface area contributed by atoms with Gasteiger partial charge in [0.2, 0.25) is 0 Å². The minimum absolute atomic E-state index is 0.0747. The number of aryl methyl sites for hydroxylation is 1. The van der Waals surface area contributed by atoms with E-state index >= 15 is 0 Å². The maximum Gasteiger partial charge on any atom is 0.266 e. The quantitative estimate of drug-likeness (QED) is 0.710. The maximum absolute atomic E-state index is 12.7. The third-order valence-electron chi connectivity index (χ3n) is 3.28. The number of rotatable bonds is 2. The van der Waals surface area contributed by atoms with Crippen LogP contribution in [0.1, 0.15) is 11.4 Å². The average Bonchev–Trinajstić information content (AvgIpc) is 2.48. The summed E-state index contributed by atoms with van der Waals surface area (Å²) >= 11 is 0. The van der Waals surface area contributed by atoms with Crippen molar-refractivity contribution in [3.05, 3.63) is 76.9 Å². The molecule has 0 aliphatic rings. The lowest BCUT2D eigenvalue weighted by molar-refractivity contribution is 0.943. The van der Waals surface area contributed by atoms with Crippen LogP contribution < -0.4 is 5.56 Å². The van der Waals surface area contributed by atoms with E-state index in [1.807, 2.05) is 49.4 Å². The molecule has 98 valence electrons. The molecule has 0 saturated carbocycles. The molecule has 0 N–H and O–H groups in total. The van der Waals surface area contributed by atoms with Gasteiger partial charge in [-0.1, -0.05) is 36.4 Å². The fourth-order valence-corrected chi connectivity index (χ4v) is 2.23. The van der Waals surface area contributed by atoms with Gasteiger partial charge in [0.15, 0.2) is 0 Å². The van der Waals surface area contributed by atoms with Crippen molar-refractivity contribution in [2.75, 3.05) is 0 Å². The molecule has 1 heterocycles. The highest BCUT2D eigenvalue weighted by Gasteiger charge is 2.09. The normalized spacial score (nSPS) is 10.7. The van der Waals surface area contributed by atoms with E-state index in [4.69, 9.17) is 0 Å². The molecule has 3 heteroatoms. The molecular weight excluding hydrogens is 248 g/mol. The van der Waals surface area contributed by atoms with Crippen molar-refractivity contribution < 1.29 is 0 Å². The summed E-state index contributed by atoms with van der Waals surface area (Å²) in [5.74, 6) is 0.553. The van der Waals surface area contributed by atoms with Crippen molar-refractivity contribution >= 4 is 17.0 Å². The molecule has 0 atom stereocenters. The lowest BCUT2D eigenvalue weighted by Crippen LogP contribution is -2.22. The Balaban J connectivity index is 2.39. The largest absolute Gasteiger partial charge is 0.268 e. The van der Waals surface area contributed by atoms with Gasteiger partial charge in [0.25, 0.3) is 5.56 Å². The van der Waals surface area contributed by atoms with Crippen molar-refractivity contribution in [1.29, 1.82) is 0 Å². The minimum atomic E-state index is -0.0747. The Labute approximate surface area is 116 Å². The maximum atomic E-state index is 12.7. The van der Waals surface area contributed by atoms with E-state index in [2.05, 4.69) is 11.6 Å². The molecule has 0 radical (unpaired) electrons. The van der Waals surface area contributed by atoms with Gasteiger partial charge in [-0.3, -0.25) is 9.36 Å². The van der Waals surface area contributed by atoms with Crippen LogP contribution in [-0.4, -0.2) is 9.55 Å². The SMILES string of the molecule is C=Cc1nc2ccccc2c(=O)n1-c1ccc(C)cc1. The van der Waals surface area contributed by atoms with Gasteiger partial charge < -0.3 is 0 Å². The van der Waals surface area contributed by atoms with Gasteiger partial charge in [-0.15, -0.1) is 0 Å². The van der Waals surface area contributed by atoms with E-state index in [9.17, 15) is 4.79 Å². The van der Waals surface area contributed by atoms with Crippen molar-refractivity contribution in [3.8, 4) is 5.69 Å². The fourth-order valence-electron chi connectivity index (χ4n) is 2.23. The molecule has 3 rings (SSSR count). The Morgan fingerprint density at radius 3 is 2.50 bits per heavy atom. The number of aromatic nitrogens is 2. The van der Waals surface area contributed by atoms with Crippen LogP contribution in [-0.2, 0) is 0 Å². The number of hydrogen-bond donors (Lipinski definition) is 0. The smallest absolute Gasteiger partial charge is 0.266 e. The predicted octanol–water partition coefficient (Wildman–Crippen LogP) is 3.34. The predicted molar refractivity (Wildman–Crippen MR) is 82.2 cm³/mol. The highest BCUT2D eigenvalue weighted by molar-refractivity contribution is 5.78. The number of fused-ring (bicyclic) bond motifs is 1. The highest BCUT2D eigenvalue weighted by Crippen LogP contribution is 2.14. The Hall–Kier alpha value is -2.68. The lowest BCUT2D eigenvalue weighted by Gasteiger charge is -2.11. The van der Waals surface area contributed by atoms with Gasteiger partial charge >= 0.3 is 0 Å². The summed E-state index contributed by atoms with van der Waals surface area (Å²) in [6.07, 6.45) is 1.60. The zero-order valence-corrected chi connectivity index (χ0v) is 11.2. The first-order valence-corrected chi connectivity index (χ1v) is 6.42. The lowest BCUT2D eigenvalue weighted by atomic mass is 10.2. The molecule has 2 aromatic carbocycles. The number of nitrogens with zero attached hydrogens (tertiary/aromatic N) is 2. The van der Waals surface area contributed by atoms with E-state index in [0.717, 1.165) is 11.3 Å². The fraction of sp³-hybridized carbons (Fsp3) is 0.0588. The standard InChI is InChI=1S/C17H14N2O/c1-3-16-18-15-7-5-4-6-14(15)17(20)19(16)13-10-8-12(2)9-11-13/h3-11H,1H2,2H3. The molecule has 1 aromatic heterocycles. The van der Waals surface area contributed by atoms with Crippen LogP contribution in [0.4, 0.5) is 0 Å².